The van der Waals surface area contributed by atoms with E-state index in [0.717, 1.165) is 103 Å². The summed E-state index contributed by atoms with van der Waals surface area (Å²) < 4.78 is 5.43. The number of rotatable bonds is 26. The van der Waals surface area contributed by atoms with Gasteiger partial charge in [0.15, 0.2) is 0 Å². The molecule has 0 saturated heterocycles. The van der Waals surface area contributed by atoms with E-state index in [9.17, 15) is 29.4 Å². The Morgan fingerprint density at radius 1 is 0.426 bits per heavy atom. The van der Waals surface area contributed by atoms with Gasteiger partial charge >= 0.3 is 11.4 Å². The highest BCUT2D eigenvalue weighted by Gasteiger charge is 2.36. The summed E-state index contributed by atoms with van der Waals surface area (Å²) in [6.45, 7) is 17.9. The van der Waals surface area contributed by atoms with Crippen molar-refractivity contribution in [2.75, 3.05) is 0 Å². The minimum Gasteiger partial charge on any atom is -0.494 e. The van der Waals surface area contributed by atoms with E-state index in [1.54, 1.807) is 0 Å². The van der Waals surface area contributed by atoms with Crippen molar-refractivity contribution in [2.24, 2.45) is 33.7 Å². The highest BCUT2D eigenvalue weighted by molar-refractivity contribution is 6.27. The number of aromatic hydroxyl groups is 2. The molecule has 0 aliphatic carbocycles. The fourth-order valence-electron chi connectivity index (χ4n) is 10.1. The number of aromatic nitrogens is 4. The maximum Gasteiger partial charge on any atom is 0.333 e. The monoisotopic (exact) mass is 931 g/mol. The van der Waals surface area contributed by atoms with Crippen molar-refractivity contribution < 1.29 is 10.2 Å². The third-order valence-electron chi connectivity index (χ3n) is 14.8. The van der Waals surface area contributed by atoms with Crippen LogP contribution in [0.3, 0.4) is 0 Å². The first-order valence-corrected chi connectivity index (χ1v) is 26.2. The van der Waals surface area contributed by atoms with Gasteiger partial charge in [-0.2, -0.15) is 0 Å². The van der Waals surface area contributed by atoms with Crippen LogP contribution in [0.1, 0.15) is 192 Å². The molecule has 2 aromatic carbocycles. The molecule has 68 heavy (non-hydrogen) atoms. The van der Waals surface area contributed by atoms with Gasteiger partial charge in [0.1, 0.15) is 11.1 Å². The molecule has 0 spiro atoms. The number of unbranched alkanes of at least 4 members (excludes halogenated alkanes) is 4. The summed E-state index contributed by atoms with van der Waals surface area (Å²) in [5, 5.41) is 24.6. The predicted molar refractivity (Wildman–Crippen MR) is 277 cm³/mol. The van der Waals surface area contributed by atoms with Crippen LogP contribution in [0.5, 0.6) is 11.8 Å². The van der Waals surface area contributed by atoms with E-state index in [-0.39, 0.29) is 72.4 Å². The van der Waals surface area contributed by atoms with E-state index in [0.29, 0.717) is 33.6 Å². The van der Waals surface area contributed by atoms with Gasteiger partial charge in [-0.15, -0.1) is 0 Å². The van der Waals surface area contributed by atoms with Gasteiger partial charge in [0.2, 0.25) is 11.8 Å². The zero-order valence-corrected chi connectivity index (χ0v) is 42.3. The van der Waals surface area contributed by atoms with Gasteiger partial charge in [0.05, 0.1) is 22.8 Å². The molecule has 2 aromatic heterocycles. The Hall–Kier alpha value is -5.52. The lowest BCUT2D eigenvalue weighted by atomic mass is 9.96. The second-order valence-corrected chi connectivity index (χ2v) is 19.4. The van der Waals surface area contributed by atoms with E-state index in [1.165, 1.54) is 18.3 Å². The first-order valence-electron chi connectivity index (χ1n) is 26.2. The normalized spacial score (nSPS) is 16.1. The summed E-state index contributed by atoms with van der Waals surface area (Å²) in [6.07, 6.45) is 14.7. The number of hydrogen-bond acceptors (Lipinski definition) is 8. The molecule has 2 aliphatic rings. The summed E-state index contributed by atoms with van der Waals surface area (Å²) in [6, 6.07) is 15.0. The third kappa shape index (κ3) is 10.8. The number of aliphatic imine (C=N–C) groups is 2. The SMILES string of the molecule is CCCCC(CC)Cn1c(O)c(C2=NC(=C3N=C(c4c(O)n(CC(CC)CCCC)c(=O)n(CC(CC)CCCC)c4=O)c4ccccc43)c3ccccc32)c(=O)n(CC(CC)CCCC)c1=O. The van der Waals surface area contributed by atoms with Crippen molar-refractivity contribution in [3.8, 4) is 11.8 Å². The van der Waals surface area contributed by atoms with Gasteiger partial charge < -0.3 is 10.2 Å². The number of fused-ring (bicyclic) bond motifs is 2. The molecule has 0 amide bonds. The van der Waals surface area contributed by atoms with Crippen LogP contribution in [0.4, 0.5) is 0 Å². The van der Waals surface area contributed by atoms with Gasteiger partial charge in [0, 0.05) is 48.4 Å². The summed E-state index contributed by atoms with van der Waals surface area (Å²) in [5.41, 5.74) is 1.61. The molecule has 4 atom stereocenters. The Labute approximate surface area is 403 Å². The Morgan fingerprint density at radius 3 is 0.985 bits per heavy atom. The maximum atomic E-state index is 14.9. The third-order valence-corrected chi connectivity index (χ3v) is 14.8. The van der Waals surface area contributed by atoms with Crippen LogP contribution in [0.2, 0.25) is 0 Å². The van der Waals surface area contributed by atoms with E-state index in [4.69, 9.17) is 9.98 Å². The largest absolute Gasteiger partial charge is 0.494 e. The molecule has 4 heterocycles. The van der Waals surface area contributed by atoms with Crippen molar-refractivity contribution in [1.82, 2.24) is 18.3 Å². The first kappa shape index (κ1) is 51.9. The second kappa shape index (κ2) is 24.2. The van der Waals surface area contributed by atoms with E-state index in [1.807, 2.05) is 48.5 Å². The van der Waals surface area contributed by atoms with Crippen LogP contribution < -0.4 is 22.5 Å². The lowest BCUT2D eigenvalue weighted by molar-refractivity contribution is 0.313. The predicted octanol–water partition coefficient (Wildman–Crippen LogP) is 11.1. The van der Waals surface area contributed by atoms with E-state index >= 15 is 0 Å². The van der Waals surface area contributed by atoms with Gasteiger partial charge in [-0.05, 0) is 49.4 Å². The fourth-order valence-corrected chi connectivity index (χ4v) is 10.1. The number of nitrogens with zero attached hydrogens (tertiary/aromatic N) is 6. The highest BCUT2D eigenvalue weighted by atomic mass is 16.3. The fraction of sp³-hybridized carbons (Fsp3) is 0.571. The molecule has 0 fully saturated rings. The maximum absolute atomic E-state index is 14.9. The van der Waals surface area contributed by atoms with Crippen LogP contribution >= 0.6 is 0 Å². The summed E-state index contributed by atoms with van der Waals surface area (Å²) in [5.74, 6) is -0.386. The minimum absolute atomic E-state index is 0.0338. The van der Waals surface area contributed by atoms with Crippen LogP contribution in [-0.2, 0) is 26.2 Å². The summed E-state index contributed by atoms with van der Waals surface area (Å²) >= 11 is 0. The zero-order chi connectivity index (χ0) is 49.1. The first-order chi connectivity index (χ1) is 32.9. The number of hydrogen-bond donors (Lipinski definition) is 2. The Kier molecular flexibility index (Phi) is 18.4. The quantitative estimate of drug-likeness (QED) is 0.0639. The topological polar surface area (TPSA) is 153 Å². The zero-order valence-electron chi connectivity index (χ0n) is 42.3. The van der Waals surface area contributed by atoms with Crippen molar-refractivity contribution >= 4 is 22.8 Å². The standard InChI is InChI=1S/C56H78N6O6/c1-9-17-25-37(13-5)33-59-51(63)45(52(64)60(55(59)67)34-38(14-6)26-18-10-2)47-41-29-21-23-31-43(41)49(57-47)50-44-32-24-22-30-42(44)48(58-50)46-53(65)61(35-39(15-7)27-19-11-3)56(68)62(54(46)66)36-40(16-8)28-20-12-4/h21-24,29-32,37-40,63,65H,9-20,25-28,33-36H2,1-8H3. The molecule has 12 heteroatoms. The lowest BCUT2D eigenvalue weighted by Gasteiger charge is -2.22. The summed E-state index contributed by atoms with van der Waals surface area (Å²) in [7, 11) is 0. The Bertz CT molecular complexity index is 2550. The van der Waals surface area contributed by atoms with Gasteiger partial charge in [-0.3, -0.25) is 27.9 Å². The van der Waals surface area contributed by atoms with Crippen molar-refractivity contribution in [1.29, 1.82) is 0 Å². The molecule has 4 aromatic rings. The minimum atomic E-state index is -0.586. The molecule has 2 N–H and O–H groups in total. The van der Waals surface area contributed by atoms with E-state index < -0.39 is 34.3 Å². The summed E-state index contributed by atoms with van der Waals surface area (Å²) in [4.78, 5) is 69.2. The Morgan fingerprint density at radius 2 is 0.706 bits per heavy atom. The Balaban J connectivity index is 1.63. The van der Waals surface area contributed by atoms with E-state index in [2.05, 4.69) is 55.4 Å². The molecule has 2 aliphatic heterocycles. The molecular weight excluding hydrogens is 853 g/mol. The van der Waals surface area contributed by atoms with Crippen LogP contribution in [0.25, 0.3) is 11.4 Å². The molecule has 4 unspecified atom stereocenters. The molecule has 368 valence electrons. The molecule has 0 radical (unpaired) electrons. The number of benzene rings is 2. The van der Waals surface area contributed by atoms with Crippen LogP contribution in [0.15, 0.2) is 77.7 Å². The van der Waals surface area contributed by atoms with Gasteiger partial charge in [0.25, 0.3) is 11.1 Å². The average Bonchev–Trinajstić information content (AvgIpc) is 3.92. The molecule has 0 bridgehead atoms. The molecular formula is C56H78N6O6. The smallest absolute Gasteiger partial charge is 0.333 e. The van der Waals surface area contributed by atoms with Crippen LogP contribution in [-0.4, -0.2) is 39.9 Å². The highest BCUT2D eigenvalue weighted by Crippen LogP contribution is 2.42. The molecule has 6 rings (SSSR count). The second-order valence-electron chi connectivity index (χ2n) is 19.4. The van der Waals surface area contributed by atoms with Gasteiger partial charge in [-0.25, -0.2) is 19.6 Å². The van der Waals surface area contributed by atoms with Gasteiger partial charge in [-0.1, -0.05) is 181 Å². The van der Waals surface area contributed by atoms with Crippen molar-refractivity contribution in [3.05, 3.63) is 124 Å². The van der Waals surface area contributed by atoms with Crippen molar-refractivity contribution in [3.63, 3.8) is 0 Å². The van der Waals surface area contributed by atoms with Crippen LogP contribution in [0, 0.1) is 23.7 Å². The molecule has 0 saturated carbocycles. The van der Waals surface area contributed by atoms with Crippen molar-refractivity contribution in [2.45, 2.75) is 184 Å². The average molecular weight is 931 g/mol. The lowest BCUT2D eigenvalue weighted by Crippen LogP contribution is -2.44. The molecule has 12 nitrogen and oxygen atoms in total.